The van der Waals surface area contributed by atoms with Gasteiger partial charge in [0.15, 0.2) is 6.61 Å². The Kier molecular flexibility index (Phi) is 4.55. The summed E-state index contributed by atoms with van der Waals surface area (Å²) in [5.74, 6) is -2.89. The van der Waals surface area contributed by atoms with Crippen molar-refractivity contribution in [2.24, 2.45) is 0 Å². The van der Waals surface area contributed by atoms with Gasteiger partial charge in [0.25, 0.3) is 5.91 Å². The first kappa shape index (κ1) is 16.1. The molecule has 6 heteroatoms. The van der Waals surface area contributed by atoms with Crippen LogP contribution in [0.1, 0.15) is 27.9 Å². The average Bonchev–Trinajstić information content (AvgIpc) is 2.99. The van der Waals surface area contributed by atoms with Gasteiger partial charge in [-0.1, -0.05) is 6.07 Å². The molecule has 2 aromatic carbocycles. The standard InChI is InChI=1S/C18H15F2NO3/c19-14-7-15(20)9-16(8-14)21-17(22)10-24-18(23)13-5-4-11-2-1-3-12(11)6-13/h4-9H,1-3,10H2,(H,21,22). The van der Waals surface area contributed by atoms with Crippen LogP contribution in [0, 0.1) is 11.6 Å². The van der Waals surface area contributed by atoms with E-state index in [1.54, 1.807) is 12.1 Å². The number of aryl methyl sites for hydroxylation is 2. The summed E-state index contributed by atoms with van der Waals surface area (Å²) < 4.78 is 31.0. The van der Waals surface area contributed by atoms with E-state index in [2.05, 4.69) is 5.32 Å². The summed E-state index contributed by atoms with van der Waals surface area (Å²) in [4.78, 5) is 23.7. The molecule has 0 saturated heterocycles. The van der Waals surface area contributed by atoms with Crippen LogP contribution in [-0.2, 0) is 22.4 Å². The molecule has 1 aliphatic rings. The first-order valence-electron chi connectivity index (χ1n) is 7.56. The van der Waals surface area contributed by atoms with Gasteiger partial charge < -0.3 is 10.1 Å². The Bertz CT molecular complexity index is 785. The molecule has 0 spiro atoms. The maximum Gasteiger partial charge on any atom is 0.338 e. The number of ether oxygens (including phenoxy) is 1. The zero-order valence-electron chi connectivity index (χ0n) is 12.8. The highest BCUT2D eigenvalue weighted by Crippen LogP contribution is 2.23. The first-order chi connectivity index (χ1) is 11.5. The van der Waals surface area contributed by atoms with Crippen molar-refractivity contribution in [1.29, 1.82) is 0 Å². The molecule has 0 unspecified atom stereocenters. The minimum absolute atomic E-state index is 0.0360. The van der Waals surface area contributed by atoms with Crippen LogP contribution in [0.3, 0.4) is 0 Å². The van der Waals surface area contributed by atoms with E-state index in [0.29, 0.717) is 11.6 Å². The molecule has 24 heavy (non-hydrogen) atoms. The van der Waals surface area contributed by atoms with Crippen LogP contribution in [0.5, 0.6) is 0 Å². The summed E-state index contributed by atoms with van der Waals surface area (Å²) >= 11 is 0. The minimum atomic E-state index is -0.805. The smallest absolute Gasteiger partial charge is 0.338 e. The summed E-state index contributed by atoms with van der Waals surface area (Å²) in [6.07, 6.45) is 3.01. The van der Waals surface area contributed by atoms with E-state index in [4.69, 9.17) is 4.74 Å². The number of rotatable bonds is 4. The third-order valence-corrected chi connectivity index (χ3v) is 3.81. The Morgan fingerprint density at radius 3 is 2.46 bits per heavy atom. The summed E-state index contributed by atoms with van der Waals surface area (Å²) in [5.41, 5.74) is 2.72. The predicted molar refractivity (Wildman–Crippen MR) is 83.7 cm³/mol. The molecule has 2 aromatic rings. The van der Waals surface area contributed by atoms with Crippen LogP contribution in [0.15, 0.2) is 36.4 Å². The van der Waals surface area contributed by atoms with Crippen molar-refractivity contribution in [2.45, 2.75) is 19.3 Å². The number of amides is 1. The lowest BCUT2D eigenvalue weighted by atomic mass is 10.1. The highest BCUT2D eigenvalue weighted by atomic mass is 19.1. The van der Waals surface area contributed by atoms with Crippen molar-refractivity contribution in [3.8, 4) is 0 Å². The predicted octanol–water partition coefficient (Wildman–Crippen LogP) is 3.25. The lowest BCUT2D eigenvalue weighted by Crippen LogP contribution is -2.21. The van der Waals surface area contributed by atoms with E-state index in [1.807, 2.05) is 6.07 Å². The van der Waals surface area contributed by atoms with Crippen molar-refractivity contribution in [3.05, 3.63) is 64.7 Å². The molecule has 0 bridgehead atoms. The van der Waals surface area contributed by atoms with E-state index < -0.39 is 30.1 Å². The van der Waals surface area contributed by atoms with Crippen LogP contribution < -0.4 is 5.32 Å². The van der Waals surface area contributed by atoms with E-state index in [-0.39, 0.29) is 5.69 Å². The molecule has 1 N–H and O–H groups in total. The molecular formula is C18H15F2NO3. The van der Waals surface area contributed by atoms with Crippen LogP contribution >= 0.6 is 0 Å². The molecule has 1 aliphatic carbocycles. The zero-order chi connectivity index (χ0) is 17.1. The molecular weight excluding hydrogens is 316 g/mol. The fourth-order valence-electron chi connectivity index (χ4n) is 2.74. The van der Waals surface area contributed by atoms with Gasteiger partial charge in [0.1, 0.15) is 11.6 Å². The maximum atomic E-state index is 13.0. The Labute approximate surface area is 137 Å². The zero-order valence-corrected chi connectivity index (χ0v) is 12.8. The van der Waals surface area contributed by atoms with Gasteiger partial charge in [-0.25, -0.2) is 13.6 Å². The van der Waals surface area contributed by atoms with Crippen molar-refractivity contribution in [2.75, 3.05) is 11.9 Å². The SMILES string of the molecule is O=C(COC(=O)c1ccc2c(c1)CCC2)Nc1cc(F)cc(F)c1. The van der Waals surface area contributed by atoms with Crippen LogP contribution in [0.4, 0.5) is 14.5 Å². The summed E-state index contributed by atoms with van der Waals surface area (Å²) in [6.45, 7) is -0.534. The molecule has 0 aliphatic heterocycles. The van der Waals surface area contributed by atoms with Crippen LogP contribution in [-0.4, -0.2) is 18.5 Å². The van der Waals surface area contributed by atoms with Gasteiger partial charge >= 0.3 is 5.97 Å². The van der Waals surface area contributed by atoms with Crippen molar-refractivity contribution >= 4 is 17.6 Å². The Balaban J connectivity index is 1.56. The molecule has 4 nitrogen and oxygen atoms in total. The van der Waals surface area contributed by atoms with E-state index >= 15 is 0 Å². The quantitative estimate of drug-likeness (QED) is 0.875. The average molecular weight is 331 g/mol. The minimum Gasteiger partial charge on any atom is -0.452 e. The van der Waals surface area contributed by atoms with Gasteiger partial charge in [-0.3, -0.25) is 4.79 Å². The number of halogens is 2. The van der Waals surface area contributed by atoms with E-state index in [0.717, 1.165) is 37.0 Å². The maximum absolute atomic E-state index is 13.0. The second-order valence-electron chi connectivity index (χ2n) is 5.62. The topological polar surface area (TPSA) is 55.4 Å². The fraction of sp³-hybridized carbons (Fsp3) is 0.222. The van der Waals surface area contributed by atoms with Crippen molar-refractivity contribution in [1.82, 2.24) is 0 Å². The number of hydrogen-bond donors (Lipinski definition) is 1. The lowest BCUT2D eigenvalue weighted by Gasteiger charge is -2.08. The number of carbonyl (C=O) groups is 2. The molecule has 1 amide bonds. The second-order valence-corrected chi connectivity index (χ2v) is 5.62. The van der Waals surface area contributed by atoms with Crippen molar-refractivity contribution < 1.29 is 23.1 Å². The largest absolute Gasteiger partial charge is 0.452 e. The van der Waals surface area contributed by atoms with Crippen LogP contribution in [0.2, 0.25) is 0 Å². The highest BCUT2D eigenvalue weighted by molar-refractivity contribution is 5.95. The Morgan fingerprint density at radius 1 is 1.00 bits per heavy atom. The van der Waals surface area contributed by atoms with Gasteiger partial charge in [0, 0.05) is 11.8 Å². The van der Waals surface area contributed by atoms with Gasteiger partial charge in [-0.05, 0) is 54.7 Å². The van der Waals surface area contributed by atoms with Gasteiger partial charge in [-0.15, -0.1) is 0 Å². The number of hydrogen-bond acceptors (Lipinski definition) is 3. The molecule has 0 saturated carbocycles. The number of esters is 1. The van der Waals surface area contributed by atoms with Crippen molar-refractivity contribution in [3.63, 3.8) is 0 Å². The number of carbonyl (C=O) groups excluding carboxylic acids is 2. The monoisotopic (exact) mass is 331 g/mol. The molecule has 0 atom stereocenters. The number of fused-ring (bicyclic) bond motifs is 1. The second kappa shape index (κ2) is 6.78. The third-order valence-electron chi connectivity index (χ3n) is 3.81. The molecule has 124 valence electrons. The molecule has 3 rings (SSSR count). The Hall–Kier alpha value is -2.76. The number of anilines is 1. The molecule has 0 radical (unpaired) electrons. The third kappa shape index (κ3) is 3.76. The summed E-state index contributed by atoms with van der Waals surface area (Å²) in [5, 5.41) is 2.28. The van der Waals surface area contributed by atoms with Crippen LogP contribution in [0.25, 0.3) is 0 Å². The lowest BCUT2D eigenvalue weighted by molar-refractivity contribution is -0.119. The first-order valence-corrected chi connectivity index (χ1v) is 7.56. The van der Waals surface area contributed by atoms with E-state index in [1.165, 1.54) is 5.56 Å². The highest BCUT2D eigenvalue weighted by Gasteiger charge is 2.16. The normalized spacial score (nSPS) is 12.6. The number of benzene rings is 2. The Morgan fingerprint density at radius 2 is 1.71 bits per heavy atom. The number of nitrogens with one attached hydrogen (secondary N) is 1. The fourth-order valence-corrected chi connectivity index (χ4v) is 2.74. The van der Waals surface area contributed by atoms with Gasteiger partial charge in [0.2, 0.25) is 0 Å². The van der Waals surface area contributed by atoms with Gasteiger partial charge in [0.05, 0.1) is 5.56 Å². The molecule has 0 heterocycles. The van der Waals surface area contributed by atoms with Gasteiger partial charge in [-0.2, -0.15) is 0 Å². The molecule has 0 fully saturated rings. The summed E-state index contributed by atoms with van der Waals surface area (Å²) in [6, 6.07) is 8.00. The van der Waals surface area contributed by atoms with E-state index in [9.17, 15) is 18.4 Å². The molecule has 0 aromatic heterocycles. The summed E-state index contributed by atoms with van der Waals surface area (Å²) in [7, 11) is 0.